The highest BCUT2D eigenvalue weighted by atomic mass is 16.5. The average molecular weight is 356 g/mol. The van der Waals surface area contributed by atoms with Gasteiger partial charge in [-0.15, -0.1) is 0 Å². The van der Waals surface area contributed by atoms with E-state index in [-0.39, 0.29) is 0 Å². The van der Waals surface area contributed by atoms with Crippen molar-refractivity contribution in [2.75, 3.05) is 6.61 Å². The van der Waals surface area contributed by atoms with E-state index in [0.29, 0.717) is 6.61 Å². The van der Waals surface area contributed by atoms with Crippen LogP contribution in [0.3, 0.4) is 0 Å². The Morgan fingerprint density at radius 3 is 2.37 bits per heavy atom. The second-order valence-electron chi connectivity index (χ2n) is 7.06. The lowest BCUT2D eigenvalue weighted by molar-refractivity contribution is 0.299. The summed E-state index contributed by atoms with van der Waals surface area (Å²) in [5.41, 5.74) is 6.95. The van der Waals surface area contributed by atoms with Crippen molar-refractivity contribution in [1.29, 1.82) is 0 Å². The predicted molar refractivity (Wildman–Crippen MR) is 111 cm³/mol. The maximum absolute atomic E-state index is 6.08. The number of ether oxygens (including phenoxy) is 1. The minimum atomic E-state index is 0.600. The van der Waals surface area contributed by atoms with Crippen LogP contribution in [0.15, 0.2) is 66.7 Å². The monoisotopic (exact) mass is 356 g/mol. The molecule has 0 atom stereocenters. The summed E-state index contributed by atoms with van der Waals surface area (Å²) in [6.07, 6.45) is 0. The second kappa shape index (κ2) is 7.28. The summed E-state index contributed by atoms with van der Waals surface area (Å²) in [5.74, 6) is 1.93. The van der Waals surface area contributed by atoms with Crippen molar-refractivity contribution in [3.05, 3.63) is 83.4 Å². The third-order valence-corrected chi connectivity index (χ3v) is 4.87. The van der Waals surface area contributed by atoms with Crippen LogP contribution in [0.25, 0.3) is 22.4 Å². The van der Waals surface area contributed by atoms with Gasteiger partial charge in [0.2, 0.25) is 0 Å². The molecular formula is C24H24N2O. The molecule has 27 heavy (non-hydrogen) atoms. The lowest BCUT2D eigenvalue weighted by Gasteiger charge is -2.13. The highest BCUT2D eigenvalue weighted by Crippen LogP contribution is 2.25. The van der Waals surface area contributed by atoms with E-state index in [9.17, 15) is 0 Å². The minimum absolute atomic E-state index is 0.600. The van der Waals surface area contributed by atoms with E-state index in [1.807, 2.05) is 6.07 Å². The van der Waals surface area contributed by atoms with Crippen LogP contribution >= 0.6 is 0 Å². The van der Waals surface area contributed by atoms with Gasteiger partial charge in [-0.1, -0.05) is 59.7 Å². The van der Waals surface area contributed by atoms with Crippen molar-refractivity contribution in [2.24, 2.45) is 0 Å². The number of hydrogen-bond donors (Lipinski definition) is 0. The molecule has 0 bridgehead atoms. The number of fused-ring (bicyclic) bond motifs is 1. The molecule has 0 saturated carbocycles. The lowest BCUT2D eigenvalue weighted by atomic mass is 10.1. The maximum atomic E-state index is 6.08. The molecular weight excluding hydrogens is 332 g/mol. The first kappa shape index (κ1) is 17.3. The van der Waals surface area contributed by atoms with Crippen molar-refractivity contribution in [3.8, 4) is 17.1 Å². The number of aromatic nitrogens is 2. The molecule has 0 aliphatic heterocycles. The van der Waals surface area contributed by atoms with Gasteiger partial charge in [-0.3, -0.25) is 0 Å². The van der Waals surface area contributed by atoms with Gasteiger partial charge < -0.3 is 9.30 Å². The van der Waals surface area contributed by atoms with Gasteiger partial charge in [-0.2, -0.15) is 0 Å². The number of hydrogen-bond acceptors (Lipinski definition) is 2. The van der Waals surface area contributed by atoms with Crippen LogP contribution in [0, 0.1) is 20.8 Å². The average Bonchev–Trinajstić information content (AvgIpc) is 3.03. The Balaban J connectivity index is 1.63. The van der Waals surface area contributed by atoms with Crippen LogP contribution in [0.1, 0.15) is 16.7 Å². The van der Waals surface area contributed by atoms with Gasteiger partial charge in [-0.25, -0.2) is 4.98 Å². The van der Waals surface area contributed by atoms with Gasteiger partial charge in [0.15, 0.2) is 0 Å². The molecule has 0 aliphatic carbocycles. The normalized spacial score (nSPS) is 11.1. The summed E-state index contributed by atoms with van der Waals surface area (Å²) in [6.45, 7) is 7.64. The number of nitrogens with zero attached hydrogens (tertiary/aromatic N) is 2. The molecule has 0 amide bonds. The predicted octanol–water partition coefficient (Wildman–Crippen LogP) is 5.71. The Morgan fingerprint density at radius 2 is 1.59 bits per heavy atom. The molecule has 3 nitrogen and oxygen atoms in total. The van der Waals surface area contributed by atoms with E-state index in [2.05, 4.69) is 86.0 Å². The fraction of sp³-hybridized carbons (Fsp3) is 0.208. The molecule has 0 saturated heterocycles. The van der Waals surface area contributed by atoms with E-state index in [1.54, 1.807) is 0 Å². The second-order valence-corrected chi connectivity index (χ2v) is 7.06. The zero-order valence-corrected chi connectivity index (χ0v) is 16.1. The van der Waals surface area contributed by atoms with Crippen LogP contribution in [0.4, 0.5) is 0 Å². The van der Waals surface area contributed by atoms with Gasteiger partial charge in [0.05, 0.1) is 17.6 Å². The molecule has 1 aromatic heterocycles. The lowest BCUT2D eigenvalue weighted by Crippen LogP contribution is -2.10. The van der Waals surface area contributed by atoms with Crippen LogP contribution in [-0.2, 0) is 6.54 Å². The molecule has 0 radical (unpaired) electrons. The van der Waals surface area contributed by atoms with E-state index in [1.165, 1.54) is 16.7 Å². The highest BCUT2D eigenvalue weighted by molar-refractivity contribution is 5.80. The Bertz CT molecular complexity index is 1080. The Labute approximate surface area is 160 Å². The Hall–Kier alpha value is -3.07. The third-order valence-electron chi connectivity index (χ3n) is 4.87. The summed E-state index contributed by atoms with van der Waals surface area (Å²) in [4.78, 5) is 4.87. The summed E-state index contributed by atoms with van der Waals surface area (Å²) in [7, 11) is 0. The van der Waals surface area contributed by atoms with Crippen molar-refractivity contribution in [2.45, 2.75) is 27.3 Å². The largest absolute Gasteiger partial charge is 0.491 e. The first-order chi connectivity index (χ1) is 13.1. The maximum Gasteiger partial charge on any atom is 0.141 e. The molecule has 3 heteroatoms. The fourth-order valence-electron chi connectivity index (χ4n) is 3.43. The molecule has 4 aromatic rings. The molecule has 136 valence electrons. The molecule has 1 heterocycles. The molecule has 0 spiro atoms. The van der Waals surface area contributed by atoms with Gasteiger partial charge in [0.1, 0.15) is 18.2 Å². The zero-order valence-electron chi connectivity index (χ0n) is 16.1. The van der Waals surface area contributed by atoms with E-state index < -0.39 is 0 Å². The van der Waals surface area contributed by atoms with Gasteiger partial charge in [0, 0.05) is 5.56 Å². The van der Waals surface area contributed by atoms with Crippen molar-refractivity contribution in [1.82, 2.24) is 9.55 Å². The summed E-state index contributed by atoms with van der Waals surface area (Å²) >= 11 is 0. The summed E-state index contributed by atoms with van der Waals surface area (Å²) in [6, 6.07) is 23.1. The third kappa shape index (κ3) is 3.59. The number of benzene rings is 3. The molecule has 0 fully saturated rings. The Kier molecular flexibility index (Phi) is 4.68. The summed E-state index contributed by atoms with van der Waals surface area (Å²) in [5, 5.41) is 0. The smallest absolute Gasteiger partial charge is 0.141 e. The van der Waals surface area contributed by atoms with Crippen LogP contribution in [0.5, 0.6) is 5.75 Å². The highest BCUT2D eigenvalue weighted by Gasteiger charge is 2.12. The minimum Gasteiger partial charge on any atom is -0.491 e. The SMILES string of the molecule is Cc1ccc(-c2nc3ccccc3n2CCOc2ccc(C)cc2C)cc1. The van der Waals surface area contributed by atoms with Crippen LogP contribution in [-0.4, -0.2) is 16.2 Å². The number of imidazole rings is 1. The standard InChI is InChI=1S/C24H24N2O/c1-17-8-11-20(12-9-17)24-25-21-6-4-5-7-22(21)26(24)14-15-27-23-13-10-18(2)16-19(23)3/h4-13,16H,14-15H2,1-3H3. The van der Waals surface area contributed by atoms with Gasteiger partial charge in [0.25, 0.3) is 0 Å². The number of rotatable bonds is 5. The quantitative estimate of drug-likeness (QED) is 0.458. The van der Waals surface area contributed by atoms with E-state index in [0.717, 1.165) is 34.7 Å². The fourth-order valence-corrected chi connectivity index (χ4v) is 3.43. The van der Waals surface area contributed by atoms with E-state index >= 15 is 0 Å². The van der Waals surface area contributed by atoms with Gasteiger partial charge >= 0.3 is 0 Å². The molecule has 0 aliphatic rings. The molecule has 4 rings (SSSR count). The van der Waals surface area contributed by atoms with Crippen molar-refractivity contribution >= 4 is 11.0 Å². The first-order valence-corrected chi connectivity index (χ1v) is 9.34. The van der Waals surface area contributed by atoms with Gasteiger partial charge in [-0.05, 0) is 44.5 Å². The molecule has 3 aromatic carbocycles. The van der Waals surface area contributed by atoms with Crippen molar-refractivity contribution in [3.63, 3.8) is 0 Å². The zero-order chi connectivity index (χ0) is 18.8. The van der Waals surface area contributed by atoms with Crippen LogP contribution in [0.2, 0.25) is 0 Å². The number of aryl methyl sites for hydroxylation is 3. The van der Waals surface area contributed by atoms with Crippen molar-refractivity contribution < 1.29 is 4.74 Å². The van der Waals surface area contributed by atoms with Crippen LogP contribution < -0.4 is 4.74 Å². The Morgan fingerprint density at radius 1 is 0.852 bits per heavy atom. The topological polar surface area (TPSA) is 27.1 Å². The first-order valence-electron chi connectivity index (χ1n) is 9.34. The summed E-state index contributed by atoms with van der Waals surface area (Å²) < 4.78 is 8.33. The van der Waals surface area contributed by atoms with E-state index in [4.69, 9.17) is 9.72 Å². The molecule has 0 unspecified atom stereocenters. The number of para-hydroxylation sites is 2. The molecule has 0 N–H and O–H groups in total.